The van der Waals surface area contributed by atoms with Gasteiger partial charge in [0.05, 0.1) is 23.1 Å². The molecule has 90 valence electrons. The summed E-state index contributed by atoms with van der Waals surface area (Å²) in [6.45, 7) is 2.41. The van der Waals surface area contributed by atoms with Gasteiger partial charge < -0.3 is 5.11 Å². The summed E-state index contributed by atoms with van der Waals surface area (Å²) < 4.78 is 15.0. The van der Waals surface area contributed by atoms with E-state index in [1.807, 2.05) is 6.92 Å². The van der Waals surface area contributed by atoms with Gasteiger partial charge in [-0.2, -0.15) is 5.10 Å². The van der Waals surface area contributed by atoms with E-state index in [9.17, 15) is 9.50 Å². The van der Waals surface area contributed by atoms with E-state index in [0.29, 0.717) is 17.3 Å². The van der Waals surface area contributed by atoms with Crippen molar-refractivity contribution in [1.29, 1.82) is 0 Å². The molecule has 17 heavy (non-hydrogen) atoms. The number of hydrogen-bond donors (Lipinski definition) is 1. The highest BCUT2D eigenvalue weighted by Crippen LogP contribution is 2.29. The van der Waals surface area contributed by atoms with Crippen molar-refractivity contribution >= 4 is 11.6 Å². The molecule has 2 rings (SSSR count). The summed E-state index contributed by atoms with van der Waals surface area (Å²) in [5.41, 5.74) is 0.524. The van der Waals surface area contributed by atoms with Crippen molar-refractivity contribution in [2.75, 3.05) is 0 Å². The molecular formula is C11H11ClFN3O. The average Bonchev–Trinajstić information content (AvgIpc) is 2.70. The molecule has 2 aromatic heterocycles. The van der Waals surface area contributed by atoms with E-state index in [0.717, 1.165) is 6.20 Å². The van der Waals surface area contributed by atoms with Crippen LogP contribution in [-0.2, 0) is 6.54 Å². The molecule has 0 aliphatic rings. The van der Waals surface area contributed by atoms with E-state index in [1.54, 1.807) is 0 Å². The van der Waals surface area contributed by atoms with Crippen molar-refractivity contribution < 1.29 is 9.50 Å². The maximum absolute atomic E-state index is 13.5. The molecule has 0 saturated heterocycles. The van der Waals surface area contributed by atoms with E-state index in [-0.39, 0.29) is 5.56 Å². The number of aliphatic hydroxyl groups excluding tert-OH is 1. The van der Waals surface area contributed by atoms with Gasteiger partial charge in [0.1, 0.15) is 11.9 Å². The zero-order chi connectivity index (χ0) is 12.4. The third-order valence-corrected chi connectivity index (χ3v) is 2.78. The van der Waals surface area contributed by atoms with Gasteiger partial charge in [0, 0.05) is 18.3 Å². The molecule has 0 aliphatic heterocycles. The van der Waals surface area contributed by atoms with Crippen LogP contribution in [0.1, 0.15) is 24.3 Å². The van der Waals surface area contributed by atoms with Crippen LogP contribution in [0.4, 0.5) is 4.39 Å². The number of aryl methyl sites for hydroxylation is 1. The van der Waals surface area contributed by atoms with E-state index in [2.05, 4.69) is 10.1 Å². The van der Waals surface area contributed by atoms with Crippen LogP contribution in [-0.4, -0.2) is 19.9 Å². The normalized spacial score (nSPS) is 12.7. The van der Waals surface area contributed by atoms with Crippen molar-refractivity contribution in [3.8, 4) is 0 Å². The highest BCUT2D eigenvalue weighted by molar-refractivity contribution is 6.31. The fourth-order valence-electron chi connectivity index (χ4n) is 1.65. The number of aromatic nitrogens is 3. The molecule has 2 aromatic rings. The fourth-order valence-corrected chi connectivity index (χ4v) is 1.90. The zero-order valence-electron chi connectivity index (χ0n) is 9.14. The Morgan fingerprint density at radius 1 is 1.53 bits per heavy atom. The molecule has 6 heteroatoms. The molecular weight excluding hydrogens is 245 g/mol. The van der Waals surface area contributed by atoms with E-state index in [1.165, 1.54) is 23.1 Å². The largest absolute Gasteiger partial charge is 0.382 e. The van der Waals surface area contributed by atoms with Crippen LogP contribution in [0, 0.1) is 5.82 Å². The molecule has 0 spiro atoms. The molecule has 0 bridgehead atoms. The maximum atomic E-state index is 13.5. The quantitative estimate of drug-likeness (QED) is 0.915. The number of hydrogen-bond acceptors (Lipinski definition) is 3. The Bertz CT molecular complexity index is 529. The molecule has 0 aromatic carbocycles. The predicted octanol–water partition coefficient (Wildman–Crippen LogP) is 2.17. The molecule has 0 radical (unpaired) electrons. The van der Waals surface area contributed by atoms with Crippen molar-refractivity contribution in [3.05, 3.63) is 46.8 Å². The third-order valence-electron chi connectivity index (χ3n) is 2.49. The number of aliphatic hydroxyl groups is 1. The number of halogens is 2. The monoisotopic (exact) mass is 255 g/mol. The molecule has 1 atom stereocenters. The average molecular weight is 256 g/mol. The first-order valence-corrected chi connectivity index (χ1v) is 5.51. The third kappa shape index (κ3) is 2.16. The lowest BCUT2D eigenvalue weighted by molar-refractivity contribution is 0.203. The van der Waals surface area contributed by atoms with E-state index < -0.39 is 11.9 Å². The number of nitrogens with zero attached hydrogens (tertiary/aromatic N) is 3. The van der Waals surface area contributed by atoms with Crippen molar-refractivity contribution in [2.45, 2.75) is 19.6 Å². The lowest BCUT2D eigenvalue weighted by Crippen LogP contribution is -2.11. The first-order valence-electron chi connectivity index (χ1n) is 5.13. The summed E-state index contributed by atoms with van der Waals surface area (Å²) in [5.74, 6) is -0.570. The second kappa shape index (κ2) is 4.81. The van der Waals surface area contributed by atoms with Crippen LogP contribution in [0.2, 0.25) is 5.02 Å². The minimum Gasteiger partial charge on any atom is -0.382 e. The second-order valence-electron chi connectivity index (χ2n) is 3.49. The van der Waals surface area contributed by atoms with Gasteiger partial charge in [-0.25, -0.2) is 4.39 Å². The molecule has 0 amide bonds. The van der Waals surface area contributed by atoms with Gasteiger partial charge in [-0.1, -0.05) is 11.6 Å². The Hall–Kier alpha value is -1.46. The topological polar surface area (TPSA) is 50.9 Å². The Balaban J connectivity index is 2.47. The maximum Gasteiger partial charge on any atom is 0.147 e. The first kappa shape index (κ1) is 12.0. The van der Waals surface area contributed by atoms with Crippen LogP contribution in [0.15, 0.2) is 24.7 Å². The first-order chi connectivity index (χ1) is 8.15. The molecule has 0 saturated carbocycles. The molecule has 0 aliphatic carbocycles. The Morgan fingerprint density at radius 2 is 2.29 bits per heavy atom. The van der Waals surface area contributed by atoms with E-state index in [4.69, 9.17) is 11.6 Å². The highest BCUT2D eigenvalue weighted by Gasteiger charge is 2.21. The van der Waals surface area contributed by atoms with Crippen LogP contribution < -0.4 is 0 Å². The predicted molar refractivity (Wildman–Crippen MR) is 61.2 cm³/mol. The zero-order valence-corrected chi connectivity index (χ0v) is 9.89. The minimum absolute atomic E-state index is 0.136. The SMILES string of the molecule is CCn1ncc(Cl)c1C(O)c1ccncc1F. The van der Waals surface area contributed by atoms with Gasteiger partial charge in [-0.3, -0.25) is 9.67 Å². The van der Waals surface area contributed by atoms with Crippen molar-refractivity contribution in [3.63, 3.8) is 0 Å². The summed E-state index contributed by atoms with van der Waals surface area (Å²) in [4.78, 5) is 3.63. The van der Waals surface area contributed by atoms with Gasteiger partial charge in [0.2, 0.25) is 0 Å². The molecule has 4 nitrogen and oxygen atoms in total. The van der Waals surface area contributed by atoms with Crippen LogP contribution in [0.3, 0.4) is 0 Å². The minimum atomic E-state index is -1.15. The Labute approximate surface area is 103 Å². The van der Waals surface area contributed by atoms with Crippen molar-refractivity contribution in [1.82, 2.24) is 14.8 Å². The summed E-state index contributed by atoms with van der Waals surface area (Å²) in [6, 6.07) is 1.42. The lowest BCUT2D eigenvalue weighted by atomic mass is 10.1. The van der Waals surface area contributed by atoms with Gasteiger partial charge >= 0.3 is 0 Å². The highest BCUT2D eigenvalue weighted by atomic mass is 35.5. The van der Waals surface area contributed by atoms with Gasteiger partial charge in [-0.05, 0) is 13.0 Å². The van der Waals surface area contributed by atoms with Crippen LogP contribution >= 0.6 is 11.6 Å². The Kier molecular flexibility index (Phi) is 3.40. The second-order valence-corrected chi connectivity index (χ2v) is 3.90. The van der Waals surface area contributed by atoms with Crippen LogP contribution in [0.5, 0.6) is 0 Å². The van der Waals surface area contributed by atoms with Gasteiger partial charge in [-0.15, -0.1) is 0 Å². The fraction of sp³-hybridized carbons (Fsp3) is 0.273. The lowest BCUT2D eigenvalue weighted by Gasteiger charge is -2.13. The number of pyridine rings is 1. The van der Waals surface area contributed by atoms with Crippen molar-refractivity contribution in [2.24, 2.45) is 0 Å². The van der Waals surface area contributed by atoms with Gasteiger partial charge in [0.15, 0.2) is 0 Å². The smallest absolute Gasteiger partial charge is 0.147 e. The molecule has 2 heterocycles. The summed E-state index contributed by atoms with van der Waals surface area (Å²) in [6.07, 6.45) is 2.76. The summed E-state index contributed by atoms with van der Waals surface area (Å²) >= 11 is 5.94. The summed E-state index contributed by atoms with van der Waals surface area (Å²) in [5, 5.41) is 14.5. The standard InChI is InChI=1S/C11H11ClFN3O/c1-2-16-10(8(12)5-15-16)11(17)7-3-4-14-6-9(7)13/h3-6,11,17H,2H2,1H3. The van der Waals surface area contributed by atoms with Crippen LogP contribution in [0.25, 0.3) is 0 Å². The van der Waals surface area contributed by atoms with Gasteiger partial charge in [0.25, 0.3) is 0 Å². The molecule has 0 fully saturated rings. The number of rotatable bonds is 3. The molecule has 1 N–H and O–H groups in total. The molecule has 1 unspecified atom stereocenters. The summed E-state index contributed by atoms with van der Waals surface area (Å²) in [7, 11) is 0. The Morgan fingerprint density at radius 3 is 2.94 bits per heavy atom. The van der Waals surface area contributed by atoms with E-state index >= 15 is 0 Å².